The first kappa shape index (κ1) is 21.9. The summed E-state index contributed by atoms with van der Waals surface area (Å²) in [4.78, 5) is -0.0637. The highest BCUT2D eigenvalue weighted by atomic mass is 32.2. The van der Waals surface area contributed by atoms with Gasteiger partial charge in [0.1, 0.15) is 29.8 Å². The van der Waals surface area contributed by atoms with E-state index in [4.69, 9.17) is 0 Å². The first-order valence-electron chi connectivity index (χ1n) is 8.52. The SMILES string of the molecule is Cc1ccc(S(=O)(=O)N(C)C(=C(C#N)C#N)C(=C(C#N)C#N)c2ccccc2)cc1. The second-order valence-corrected chi connectivity index (χ2v) is 8.04. The molecule has 0 saturated carbocycles. The molecule has 0 bridgehead atoms. The lowest BCUT2D eigenvalue weighted by molar-refractivity contribution is 0.530. The average molecular weight is 413 g/mol. The summed E-state index contributed by atoms with van der Waals surface area (Å²) in [5.41, 5.74) is -0.260. The van der Waals surface area contributed by atoms with Crippen LogP contribution in [-0.4, -0.2) is 19.8 Å². The predicted molar refractivity (Wildman–Crippen MR) is 109 cm³/mol. The van der Waals surface area contributed by atoms with Crippen LogP contribution >= 0.6 is 0 Å². The molecule has 146 valence electrons. The fourth-order valence-electron chi connectivity index (χ4n) is 2.70. The molecule has 2 aromatic carbocycles. The topological polar surface area (TPSA) is 133 Å². The van der Waals surface area contributed by atoms with Crippen LogP contribution in [0.15, 0.2) is 76.3 Å². The third kappa shape index (κ3) is 4.21. The monoisotopic (exact) mass is 413 g/mol. The second kappa shape index (κ2) is 9.22. The fourth-order valence-corrected chi connectivity index (χ4v) is 3.92. The van der Waals surface area contributed by atoms with E-state index < -0.39 is 21.2 Å². The molecule has 0 spiro atoms. The molecule has 7 nitrogen and oxygen atoms in total. The molecule has 0 amide bonds. The van der Waals surface area contributed by atoms with Crippen molar-refractivity contribution in [3.8, 4) is 24.3 Å². The Labute approximate surface area is 175 Å². The van der Waals surface area contributed by atoms with Crippen LogP contribution in [0.25, 0.3) is 5.57 Å². The number of nitriles is 4. The van der Waals surface area contributed by atoms with Gasteiger partial charge >= 0.3 is 0 Å². The highest BCUT2D eigenvalue weighted by Gasteiger charge is 2.30. The molecule has 0 saturated heterocycles. The van der Waals surface area contributed by atoms with Gasteiger partial charge in [-0.15, -0.1) is 0 Å². The Balaban J connectivity index is 2.90. The minimum absolute atomic E-state index is 0.0637. The van der Waals surface area contributed by atoms with Gasteiger partial charge in [-0.3, -0.25) is 4.31 Å². The van der Waals surface area contributed by atoms with E-state index in [9.17, 15) is 29.5 Å². The summed E-state index contributed by atoms with van der Waals surface area (Å²) >= 11 is 0. The van der Waals surface area contributed by atoms with Crippen molar-refractivity contribution in [2.24, 2.45) is 0 Å². The minimum Gasteiger partial charge on any atom is -0.267 e. The van der Waals surface area contributed by atoms with Crippen molar-refractivity contribution in [2.45, 2.75) is 11.8 Å². The largest absolute Gasteiger partial charge is 0.267 e. The van der Waals surface area contributed by atoms with Gasteiger partial charge in [0, 0.05) is 12.6 Å². The van der Waals surface area contributed by atoms with Crippen molar-refractivity contribution >= 4 is 15.6 Å². The third-order valence-corrected chi connectivity index (χ3v) is 6.00. The molecule has 2 rings (SSSR count). The van der Waals surface area contributed by atoms with Crippen molar-refractivity contribution in [2.75, 3.05) is 7.05 Å². The molecule has 0 aliphatic carbocycles. The van der Waals surface area contributed by atoms with Crippen LogP contribution < -0.4 is 0 Å². The van der Waals surface area contributed by atoms with E-state index in [1.807, 2.05) is 0 Å². The number of nitrogens with zero attached hydrogens (tertiary/aromatic N) is 5. The lowest BCUT2D eigenvalue weighted by Crippen LogP contribution is -2.28. The van der Waals surface area contributed by atoms with Crippen LogP contribution in [0.5, 0.6) is 0 Å². The Morgan fingerprint density at radius 1 is 0.800 bits per heavy atom. The highest BCUT2D eigenvalue weighted by Crippen LogP contribution is 2.34. The summed E-state index contributed by atoms with van der Waals surface area (Å²) in [6.07, 6.45) is 0. The number of benzene rings is 2. The molecule has 0 aromatic heterocycles. The van der Waals surface area contributed by atoms with Crippen LogP contribution in [-0.2, 0) is 10.0 Å². The average Bonchev–Trinajstić information content (AvgIpc) is 2.76. The van der Waals surface area contributed by atoms with Crippen molar-refractivity contribution in [1.29, 1.82) is 21.0 Å². The molecule has 0 aliphatic heterocycles. The lowest BCUT2D eigenvalue weighted by Gasteiger charge is -2.25. The Kier molecular flexibility index (Phi) is 6.74. The van der Waals surface area contributed by atoms with E-state index in [0.29, 0.717) is 5.56 Å². The summed E-state index contributed by atoms with van der Waals surface area (Å²) in [5, 5.41) is 38.0. The minimum atomic E-state index is -4.20. The van der Waals surface area contributed by atoms with Gasteiger partial charge in [-0.25, -0.2) is 8.42 Å². The summed E-state index contributed by atoms with van der Waals surface area (Å²) in [6, 6.07) is 20.9. The van der Waals surface area contributed by atoms with Gasteiger partial charge in [0.2, 0.25) is 0 Å². The van der Waals surface area contributed by atoms with Gasteiger partial charge in [0.05, 0.1) is 10.6 Å². The molecule has 0 N–H and O–H groups in total. The second-order valence-electron chi connectivity index (χ2n) is 6.07. The van der Waals surface area contributed by atoms with Crippen LogP contribution in [0.4, 0.5) is 0 Å². The van der Waals surface area contributed by atoms with Crippen LogP contribution in [0.2, 0.25) is 0 Å². The van der Waals surface area contributed by atoms with E-state index in [1.54, 1.807) is 73.7 Å². The van der Waals surface area contributed by atoms with Gasteiger partial charge in [0.25, 0.3) is 10.0 Å². The molecule has 0 radical (unpaired) electrons. The number of hydrogen-bond donors (Lipinski definition) is 0. The molecule has 0 aliphatic rings. The molecule has 8 heteroatoms. The smallest absolute Gasteiger partial charge is 0.264 e. The van der Waals surface area contributed by atoms with E-state index >= 15 is 0 Å². The van der Waals surface area contributed by atoms with Crippen molar-refractivity contribution in [1.82, 2.24) is 4.31 Å². The molecular formula is C22H15N5O2S. The maximum atomic E-state index is 13.2. The number of rotatable bonds is 5. The molecule has 0 heterocycles. The van der Waals surface area contributed by atoms with Crippen molar-refractivity contribution < 1.29 is 8.42 Å². The van der Waals surface area contributed by atoms with Crippen molar-refractivity contribution in [3.63, 3.8) is 0 Å². The van der Waals surface area contributed by atoms with E-state index in [1.165, 1.54) is 19.2 Å². The van der Waals surface area contributed by atoms with Crippen LogP contribution in [0, 0.1) is 52.2 Å². The standard InChI is InChI=1S/C22H15N5O2S/c1-16-8-10-20(11-9-16)30(28,29)27(2)22(19(14-25)15-26)21(18(12-23)13-24)17-6-4-3-5-7-17/h3-11H,1-2H3. The van der Waals surface area contributed by atoms with Gasteiger partial charge in [-0.1, -0.05) is 48.0 Å². The van der Waals surface area contributed by atoms with Gasteiger partial charge in [-0.05, 0) is 24.6 Å². The van der Waals surface area contributed by atoms with E-state index in [2.05, 4.69) is 0 Å². The number of aryl methyl sites for hydroxylation is 1. The Morgan fingerprint density at radius 3 is 1.77 bits per heavy atom. The summed E-state index contributed by atoms with van der Waals surface area (Å²) in [7, 11) is -3.03. The third-order valence-electron chi connectivity index (χ3n) is 4.23. The quantitative estimate of drug-likeness (QED) is 0.545. The number of likely N-dealkylation sites (N-methyl/N-ethyl adjacent to an activating group) is 1. The first-order chi connectivity index (χ1) is 14.3. The number of sulfonamides is 1. The maximum Gasteiger partial charge on any atom is 0.264 e. The Bertz CT molecular complexity index is 1260. The lowest BCUT2D eigenvalue weighted by atomic mass is 9.95. The Hall–Kier alpha value is -4.37. The summed E-state index contributed by atoms with van der Waals surface area (Å²) in [6.45, 7) is 1.80. The molecule has 2 aromatic rings. The van der Waals surface area contributed by atoms with Gasteiger partial charge in [0.15, 0.2) is 5.57 Å². The van der Waals surface area contributed by atoms with Crippen LogP contribution in [0.3, 0.4) is 0 Å². The molecule has 0 fully saturated rings. The normalized spacial score (nSPS) is 9.80. The molecule has 0 unspecified atom stereocenters. The van der Waals surface area contributed by atoms with Gasteiger partial charge < -0.3 is 0 Å². The molecule has 0 atom stereocenters. The molecule has 30 heavy (non-hydrogen) atoms. The predicted octanol–water partition coefficient (Wildman–Crippen LogP) is 3.42. The van der Waals surface area contributed by atoms with Gasteiger partial charge in [-0.2, -0.15) is 21.0 Å². The Morgan fingerprint density at radius 2 is 1.30 bits per heavy atom. The zero-order valence-corrected chi connectivity index (χ0v) is 17.0. The number of allylic oxidation sites excluding steroid dienone is 3. The maximum absolute atomic E-state index is 13.2. The zero-order chi connectivity index (χ0) is 22.3. The van der Waals surface area contributed by atoms with E-state index in [-0.39, 0.29) is 16.2 Å². The summed E-state index contributed by atoms with van der Waals surface area (Å²) < 4.78 is 27.2. The number of hydrogen-bond acceptors (Lipinski definition) is 6. The zero-order valence-electron chi connectivity index (χ0n) is 16.2. The van der Waals surface area contributed by atoms with Crippen LogP contribution in [0.1, 0.15) is 11.1 Å². The highest BCUT2D eigenvalue weighted by molar-refractivity contribution is 7.89. The fraction of sp³-hybridized carbons (Fsp3) is 0.0909. The van der Waals surface area contributed by atoms with Crippen molar-refractivity contribution in [3.05, 3.63) is 82.6 Å². The summed E-state index contributed by atoms with van der Waals surface area (Å²) in [5.74, 6) is 0. The first-order valence-corrected chi connectivity index (χ1v) is 9.96. The van der Waals surface area contributed by atoms with E-state index in [0.717, 1.165) is 9.87 Å². The molecular weight excluding hydrogens is 398 g/mol.